The number of carboxylic acid groups (broad SMARTS) is 1. The molecule has 0 radical (unpaired) electrons. The summed E-state index contributed by atoms with van der Waals surface area (Å²) in [5.41, 5.74) is 0.0613. The van der Waals surface area contributed by atoms with E-state index in [4.69, 9.17) is 5.11 Å². The number of amides is 2. The second-order valence-electron chi connectivity index (χ2n) is 4.82. The minimum Gasteiger partial charge on any atom is -0.478 e. The molecule has 1 unspecified atom stereocenters. The first-order valence-electron chi connectivity index (χ1n) is 6.14. The summed E-state index contributed by atoms with van der Waals surface area (Å²) in [5, 5.41) is 14.5. The average Bonchev–Trinajstić information content (AvgIpc) is 2.66. The Morgan fingerprint density at radius 2 is 1.90 bits per heavy atom. The molecule has 1 rings (SSSR count). The van der Waals surface area contributed by atoms with Crippen molar-refractivity contribution in [3.8, 4) is 0 Å². The van der Waals surface area contributed by atoms with Crippen molar-refractivity contribution in [3.05, 3.63) is 16.5 Å². The lowest BCUT2D eigenvalue weighted by atomic mass is 10.0. The molecule has 6 nitrogen and oxygen atoms in total. The van der Waals surface area contributed by atoms with Crippen LogP contribution in [0.2, 0.25) is 0 Å². The van der Waals surface area contributed by atoms with E-state index in [2.05, 4.69) is 10.6 Å². The fourth-order valence-electron chi connectivity index (χ4n) is 1.71. The summed E-state index contributed by atoms with van der Waals surface area (Å²) >= 11 is 1.19. The third-order valence-electron chi connectivity index (χ3n) is 2.63. The molecule has 0 saturated carbocycles. The Hall–Kier alpha value is -1.89. The highest BCUT2D eigenvalue weighted by atomic mass is 32.1. The zero-order valence-corrected chi connectivity index (χ0v) is 12.6. The van der Waals surface area contributed by atoms with Crippen molar-refractivity contribution in [1.29, 1.82) is 0 Å². The van der Waals surface area contributed by atoms with Gasteiger partial charge in [0.2, 0.25) is 11.8 Å². The Morgan fingerprint density at radius 3 is 2.35 bits per heavy atom. The van der Waals surface area contributed by atoms with Crippen molar-refractivity contribution in [2.75, 3.05) is 5.32 Å². The summed E-state index contributed by atoms with van der Waals surface area (Å²) in [5.74, 6) is -1.92. The molecule has 110 valence electrons. The number of thiophene rings is 1. The molecule has 7 heteroatoms. The van der Waals surface area contributed by atoms with Gasteiger partial charge in [0.15, 0.2) is 0 Å². The van der Waals surface area contributed by atoms with Crippen LogP contribution >= 0.6 is 11.3 Å². The number of carboxylic acids is 1. The van der Waals surface area contributed by atoms with Crippen LogP contribution in [0.5, 0.6) is 0 Å². The van der Waals surface area contributed by atoms with Crippen LogP contribution in [-0.2, 0) is 9.59 Å². The van der Waals surface area contributed by atoms with Gasteiger partial charge < -0.3 is 15.7 Å². The molecule has 0 saturated heterocycles. The van der Waals surface area contributed by atoms with Crippen LogP contribution < -0.4 is 10.6 Å². The Labute approximate surface area is 121 Å². The summed E-state index contributed by atoms with van der Waals surface area (Å²) < 4.78 is 0. The second kappa shape index (κ2) is 6.51. The van der Waals surface area contributed by atoms with Crippen molar-refractivity contribution in [1.82, 2.24) is 5.32 Å². The van der Waals surface area contributed by atoms with Gasteiger partial charge in [0, 0.05) is 11.8 Å². The maximum atomic E-state index is 12.2. The van der Waals surface area contributed by atoms with Gasteiger partial charge in [-0.3, -0.25) is 9.59 Å². The zero-order chi connectivity index (χ0) is 15.4. The summed E-state index contributed by atoms with van der Waals surface area (Å²) in [4.78, 5) is 35.1. The Balaban J connectivity index is 2.93. The molecular weight excluding hydrogens is 280 g/mol. The van der Waals surface area contributed by atoms with Gasteiger partial charge in [0.1, 0.15) is 11.0 Å². The van der Waals surface area contributed by atoms with Gasteiger partial charge in [-0.15, -0.1) is 11.3 Å². The van der Waals surface area contributed by atoms with Gasteiger partial charge in [-0.05, 0) is 18.9 Å². The number of rotatable bonds is 5. The van der Waals surface area contributed by atoms with E-state index < -0.39 is 17.9 Å². The van der Waals surface area contributed by atoms with Crippen molar-refractivity contribution >= 4 is 34.1 Å². The van der Waals surface area contributed by atoms with Crippen molar-refractivity contribution in [2.24, 2.45) is 5.92 Å². The molecule has 0 aliphatic rings. The Bertz CT molecular complexity index is 536. The molecule has 2 amide bonds. The minimum atomic E-state index is -1.09. The van der Waals surface area contributed by atoms with E-state index in [9.17, 15) is 14.4 Å². The number of nitrogens with one attached hydrogen (secondary N) is 2. The van der Waals surface area contributed by atoms with Gasteiger partial charge in [-0.2, -0.15) is 0 Å². The fraction of sp³-hybridized carbons (Fsp3) is 0.462. The van der Waals surface area contributed by atoms with Crippen LogP contribution in [0, 0.1) is 12.8 Å². The quantitative estimate of drug-likeness (QED) is 0.773. The van der Waals surface area contributed by atoms with E-state index in [0.717, 1.165) is 4.88 Å². The lowest BCUT2D eigenvalue weighted by molar-refractivity contribution is -0.126. The zero-order valence-electron chi connectivity index (χ0n) is 11.8. The van der Waals surface area contributed by atoms with Crippen molar-refractivity contribution < 1.29 is 19.5 Å². The second-order valence-corrected chi connectivity index (χ2v) is 6.07. The largest absolute Gasteiger partial charge is 0.478 e. The normalized spacial score (nSPS) is 12.1. The smallest absolute Gasteiger partial charge is 0.338 e. The number of aryl methyl sites for hydroxylation is 1. The van der Waals surface area contributed by atoms with Crippen LogP contribution in [0.1, 0.15) is 36.0 Å². The molecule has 1 atom stereocenters. The molecule has 0 spiro atoms. The van der Waals surface area contributed by atoms with E-state index >= 15 is 0 Å². The first-order chi connectivity index (χ1) is 9.22. The lowest BCUT2D eigenvalue weighted by Crippen LogP contribution is -2.46. The van der Waals surface area contributed by atoms with Gasteiger partial charge in [-0.25, -0.2) is 4.79 Å². The van der Waals surface area contributed by atoms with Crippen LogP contribution in [-0.4, -0.2) is 28.9 Å². The van der Waals surface area contributed by atoms with E-state index in [-0.39, 0.29) is 22.4 Å². The van der Waals surface area contributed by atoms with E-state index in [1.165, 1.54) is 24.3 Å². The third-order valence-corrected chi connectivity index (χ3v) is 3.60. The minimum absolute atomic E-state index is 0.0613. The monoisotopic (exact) mass is 298 g/mol. The molecule has 0 bridgehead atoms. The van der Waals surface area contributed by atoms with Crippen molar-refractivity contribution in [3.63, 3.8) is 0 Å². The number of hydrogen-bond donors (Lipinski definition) is 3. The Kier molecular flexibility index (Phi) is 5.26. The molecule has 1 heterocycles. The van der Waals surface area contributed by atoms with Crippen molar-refractivity contribution in [2.45, 2.75) is 33.7 Å². The van der Waals surface area contributed by atoms with Crippen LogP contribution in [0.25, 0.3) is 0 Å². The predicted molar refractivity (Wildman–Crippen MR) is 77.1 cm³/mol. The predicted octanol–water partition coefficient (Wildman–Crippen LogP) is 1.85. The average molecular weight is 298 g/mol. The molecule has 0 aliphatic heterocycles. The summed E-state index contributed by atoms with van der Waals surface area (Å²) in [7, 11) is 0. The summed E-state index contributed by atoms with van der Waals surface area (Å²) in [6.45, 7) is 6.71. The molecule has 0 fully saturated rings. The third kappa shape index (κ3) is 4.06. The van der Waals surface area contributed by atoms with Gasteiger partial charge >= 0.3 is 5.97 Å². The summed E-state index contributed by atoms with van der Waals surface area (Å²) in [6, 6.07) is 0.808. The van der Waals surface area contributed by atoms with E-state index in [0.29, 0.717) is 0 Å². The highest BCUT2D eigenvalue weighted by Gasteiger charge is 2.25. The molecule has 20 heavy (non-hydrogen) atoms. The van der Waals surface area contributed by atoms with Gasteiger partial charge in [0.25, 0.3) is 0 Å². The highest BCUT2D eigenvalue weighted by Crippen LogP contribution is 2.27. The molecule has 0 aromatic carbocycles. The molecule has 1 aromatic heterocycles. The first kappa shape index (κ1) is 16.2. The maximum Gasteiger partial charge on any atom is 0.338 e. The number of carbonyl (C=O) groups is 3. The molecule has 0 aliphatic carbocycles. The molecular formula is C13H18N2O4S. The first-order valence-corrected chi connectivity index (χ1v) is 6.95. The fourth-order valence-corrected chi connectivity index (χ4v) is 2.62. The number of hydrogen-bond acceptors (Lipinski definition) is 4. The van der Waals surface area contributed by atoms with Gasteiger partial charge in [0.05, 0.1) is 5.56 Å². The van der Waals surface area contributed by atoms with Crippen LogP contribution in [0.4, 0.5) is 5.00 Å². The van der Waals surface area contributed by atoms with E-state index in [1.54, 1.807) is 20.8 Å². The Morgan fingerprint density at radius 1 is 1.30 bits per heavy atom. The maximum absolute atomic E-state index is 12.2. The van der Waals surface area contributed by atoms with E-state index in [1.807, 2.05) is 0 Å². The molecule has 1 aromatic rings. The van der Waals surface area contributed by atoms with Gasteiger partial charge in [-0.1, -0.05) is 13.8 Å². The summed E-state index contributed by atoms with van der Waals surface area (Å²) in [6.07, 6.45) is 0. The lowest BCUT2D eigenvalue weighted by Gasteiger charge is -2.20. The number of carbonyl (C=O) groups excluding carboxylic acids is 2. The standard InChI is InChI=1S/C13H18N2O4S/c1-6(2)10(14-8(4)16)11(17)15-12-9(13(18)19)5-7(3)20-12/h5-6,10H,1-4H3,(H,14,16)(H,15,17)(H,18,19). The number of aromatic carboxylic acids is 1. The SMILES string of the molecule is CC(=O)NC(C(=O)Nc1sc(C)cc1C(=O)O)C(C)C. The van der Waals surface area contributed by atoms with Crippen LogP contribution in [0.3, 0.4) is 0 Å². The number of anilines is 1. The molecule has 3 N–H and O–H groups in total. The highest BCUT2D eigenvalue weighted by molar-refractivity contribution is 7.16. The topological polar surface area (TPSA) is 95.5 Å². The van der Waals surface area contributed by atoms with Crippen LogP contribution in [0.15, 0.2) is 6.07 Å².